The van der Waals surface area contributed by atoms with Crippen LogP contribution in [0.3, 0.4) is 0 Å². The molecule has 0 aliphatic heterocycles. The van der Waals surface area contributed by atoms with Gasteiger partial charge in [-0.1, -0.05) is 39.7 Å². The third-order valence-electron chi connectivity index (χ3n) is 3.99. The van der Waals surface area contributed by atoms with E-state index in [1.807, 2.05) is 24.3 Å². The molecule has 0 bridgehead atoms. The van der Waals surface area contributed by atoms with E-state index in [0.717, 1.165) is 15.9 Å². The van der Waals surface area contributed by atoms with Crippen molar-refractivity contribution in [2.24, 2.45) is 5.10 Å². The number of thiocarbonyl (C=S) groups is 1. The van der Waals surface area contributed by atoms with Gasteiger partial charge in [0, 0.05) is 15.7 Å². The summed E-state index contributed by atoms with van der Waals surface area (Å²) in [6, 6.07) is 19.2. The third kappa shape index (κ3) is 6.52. The first-order valence-electron chi connectivity index (χ1n) is 8.96. The topological polar surface area (TPSA) is 71.9 Å². The van der Waals surface area contributed by atoms with Crippen LogP contribution in [0.1, 0.15) is 15.9 Å². The van der Waals surface area contributed by atoms with Crippen molar-refractivity contribution in [3.05, 3.63) is 87.4 Å². The van der Waals surface area contributed by atoms with Crippen molar-refractivity contribution in [3.63, 3.8) is 0 Å². The quantitative estimate of drug-likeness (QED) is 0.144. The van der Waals surface area contributed by atoms with Crippen LogP contribution in [0, 0.1) is 0 Å². The van der Waals surface area contributed by atoms with E-state index in [4.69, 9.17) is 33.3 Å². The van der Waals surface area contributed by atoms with Gasteiger partial charge in [-0.3, -0.25) is 5.43 Å². The second-order valence-corrected chi connectivity index (χ2v) is 7.84. The second kappa shape index (κ2) is 10.9. The zero-order chi connectivity index (χ0) is 22.2. The van der Waals surface area contributed by atoms with E-state index in [9.17, 15) is 4.79 Å². The summed E-state index contributed by atoms with van der Waals surface area (Å²) < 4.78 is 11.4. The van der Waals surface area contributed by atoms with Crippen molar-refractivity contribution < 1.29 is 14.3 Å². The molecular formula is C22H17BrClN3O3S. The molecule has 0 radical (unpaired) electrons. The zero-order valence-corrected chi connectivity index (χ0v) is 19.4. The Labute approximate surface area is 198 Å². The van der Waals surface area contributed by atoms with Gasteiger partial charge in [-0.15, -0.1) is 0 Å². The van der Waals surface area contributed by atoms with Gasteiger partial charge >= 0.3 is 5.97 Å². The van der Waals surface area contributed by atoms with Gasteiger partial charge in [0.25, 0.3) is 0 Å². The van der Waals surface area contributed by atoms with Crippen molar-refractivity contribution in [2.45, 2.75) is 0 Å². The molecule has 0 aromatic heterocycles. The van der Waals surface area contributed by atoms with Gasteiger partial charge < -0.3 is 14.8 Å². The fraction of sp³-hybridized carbons (Fsp3) is 0.0455. The Balaban J connectivity index is 1.67. The molecule has 2 N–H and O–H groups in total. The minimum Gasteiger partial charge on any atom is -0.497 e. The van der Waals surface area contributed by atoms with E-state index in [0.29, 0.717) is 21.4 Å². The van der Waals surface area contributed by atoms with Crippen molar-refractivity contribution >= 4 is 62.7 Å². The van der Waals surface area contributed by atoms with Crippen LogP contribution in [0.2, 0.25) is 5.02 Å². The maximum absolute atomic E-state index is 12.5. The van der Waals surface area contributed by atoms with E-state index in [1.54, 1.807) is 49.6 Å². The van der Waals surface area contributed by atoms with Gasteiger partial charge in [0.15, 0.2) is 5.11 Å². The van der Waals surface area contributed by atoms with Crippen LogP contribution in [-0.2, 0) is 0 Å². The molecular weight excluding hydrogens is 502 g/mol. The van der Waals surface area contributed by atoms with Crippen LogP contribution in [0.15, 0.2) is 76.3 Å². The van der Waals surface area contributed by atoms with Gasteiger partial charge in [-0.2, -0.15) is 5.10 Å². The summed E-state index contributed by atoms with van der Waals surface area (Å²) >= 11 is 14.7. The fourth-order valence-corrected chi connectivity index (χ4v) is 3.25. The molecule has 0 spiro atoms. The highest BCUT2D eigenvalue weighted by Gasteiger charge is 2.14. The average Bonchev–Trinajstić information content (AvgIpc) is 2.76. The molecule has 0 aliphatic carbocycles. The molecule has 0 unspecified atom stereocenters. The number of methoxy groups -OCH3 is 1. The predicted octanol–water partition coefficient (Wildman–Crippen LogP) is 5.65. The van der Waals surface area contributed by atoms with E-state index in [2.05, 4.69) is 31.8 Å². The first kappa shape index (κ1) is 22.7. The number of ether oxygens (including phenoxy) is 2. The number of rotatable bonds is 6. The maximum Gasteiger partial charge on any atom is 0.345 e. The Morgan fingerprint density at radius 3 is 2.58 bits per heavy atom. The Morgan fingerprint density at radius 1 is 1.13 bits per heavy atom. The molecule has 0 heterocycles. The van der Waals surface area contributed by atoms with Crippen molar-refractivity contribution in [1.82, 2.24) is 5.43 Å². The number of carbonyl (C=O) groups excluding carboxylic acids is 1. The first-order valence-corrected chi connectivity index (χ1v) is 10.5. The molecule has 0 atom stereocenters. The van der Waals surface area contributed by atoms with Crippen LogP contribution in [0.4, 0.5) is 5.69 Å². The molecule has 0 amide bonds. The van der Waals surface area contributed by atoms with Crippen LogP contribution < -0.4 is 20.2 Å². The first-order chi connectivity index (χ1) is 15.0. The highest BCUT2D eigenvalue weighted by atomic mass is 79.9. The third-order valence-corrected chi connectivity index (χ3v) is 5.00. The zero-order valence-electron chi connectivity index (χ0n) is 16.3. The van der Waals surface area contributed by atoms with E-state index in [1.165, 1.54) is 6.21 Å². The number of benzene rings is 3. The summed E-state index contributed by atoms with van der Waals surface area (Å²) in [6.07, 6.45) is 1.50. The van der Waals surface area contributed by atoms with Crippen LogP contribution in [0.25, 0.3) is 0 Å². The lowest BCUT2D eigenvalue weighted by Crippen LogP contribution is -2.23. The Hall–Kier alpha value is -2.94. The van der Waals surface area contributed by atoms with E-state index >= 15 is 0 Å². The number of anilines is 1. The molecule has 31 heavy (non-hydrogen) atoms. The molecule has 0 saturated carbocycles. The highest BCUT2D eigenvalue weighted by Crippen LogP contribution is 2.24. The lowest BCUT2D eigenvalue weighted by molar-refractivity contribution is 0.0734. The molecule has 3 rings (SSSR count). The number of carbonyl (C=O) groups is 1. The fourth-order valence-electron chi connectivity index (χ4n) is 2.49. The molecule has 6 nitrogen and oxygen atoms in total. The molecule has 158 valence electrons. The number of hydrogen-bond acceptors (Lipinski definition) is 5. The Morgan fingerprint density at radius 2 is 1.87 bits per heavy atom. The van der Waals surface area contributed by atoms with Gasteiger partial charge in [-0.05, 0) is 66.8 Å². The van der Waals surface area contributed by atoms with Crippen LogP contribution in [-0.4, -0.2) is 24.4 Å². The normalized spacial score (nSPS) is 10.5. The van der Waals surface area contributed by atoms with Crippen molar-refractivity contribution in [3.8, 4) is 11.5 Å². The Bertz CT molecular complexity index is 1120. The minimum absolute atomic E-state index is 0.276. The second-order valence-electron chi connectivity index (χ2n) is 6.10. The lowest BCUT2D eigenvalue weighted by Gasteiger charge is -2.10. The number of esters is 1. The Kier molecular flexibility index (Phi) is 8.00. The monoisotopic (exact) mass is 517 g/mol. The number of hydrogen-bond donors (Lipinski definition) is 2. The van der Waals surface area contributed by atoms with Gasteiger partial charge in [0.1, 0.15) is 11.5 Å². The SMILES string of the molecule is COc1ccc(NC(=S)N/N=C\c2cc(Br)ccc2OC(=O)c2ccccc2Cl)cc1. The number of nitrogens with zero attached hydrogens (tertiary/aromatic N) is 1. The molecule has 3 aromatic rings. The number of halogens is 2. The summed E-state index contributed by atoms with van der Waals surface area (Å²) in [5.41, 5.74) is 4.35. The van der Waals surface area contributed by atoms with Crippen LogP contribution >= 0.6 is 39.7 Å². The molecule has 9 heteroatoms. The van der Waals surface area contributed by atoms with Crippen molar-refractivity contribution in [2.75, 3.05) is 12.4 Å². The minimum atomic E-state index is -0.563. The average molecular weight is 519 g/mol. The van der Waals surface area contributed by atoms with Crippen molar-refractivity contribution in [1.29, 1.82) is 0 Å². The molecule has 0 fully saturated rings. The van der Waals surface area contributed by atoms with E-state index in [-0.39, 0.29) is 5.56 Å². The van der Waals surface area contributed by atoms with Crippen LogP contribution in [0.5, 0.6) is 11.5 Å². The van der Waals surface area contributed by atoms with Gasteiger partial charge in [0.05, 0.1) is 23.9 Å². The summed E-state index contributed by atoms with van der Waals surface area (Å²) in [6.45, 7) is 0. The largest absolute Gasteiger partial charge is 0.497 e. The van der Waals surface area contributed by atoms with Gasteiger partial charge in [0.2, 0.25) is 0 Å². The number of hydrazone groups is 1. The maximum atomic E-state index is 12.5. The summed E-state index contributed by atoms with van der Waals surface area (Å²) in [5.74, 6) is 0.510. The van der Waals surface area contributed by atoms with Gasteiger partial charge in [-0.25, -0.2) is 4.79 Å². The highest BCUT2D eigenvalue weighted by molar-refractivity contribution is 9.10. The number of nitrogens with one attached hydrogen (secondary N) is 2. The predicted molar refractivity (Wildman–Crippen MR) is 130 cm³/mol. The van der Waals surface area contributed by atoms with E-state index < -0.39 is 5.97 Å². The summed E-state index contributed by atoms with van der Waals surface area (Å²) in [4.78, 5) is 12.5. The molecule has 0 aliphatic rings. The molecule has 0 saturated heterocycles. The molecule has 3 aromatic carbocycles. The lowest BCUT2D eigenvalue weighted by atomic mass is 10.2. The summed E-state index contributed by atoms with van der Waals surface area (Å²) in [7, 11) is 1.60. The standard InChI is InChI=1S/C22H17BrClN3O3S/c1-29-17-9-7-16(8-10-17)26-22(31)27-25-13-14-12-15(23)6-11-20(14)30-21(28)18-4-2-3-5-19(18)24/h2-13H,1H3,(H2,26,27,31)/b25-13-. The smallest absolute Gasteiger partial charge is 0.345 e. The summed E-state index contributed by atoms with van der Waals surface area (Å²) in [5, 5.41) is 7.75.